The topological polar surface area (TPSA) is 83.5 Å². The van der Waals surface area contributed by atoms with Gasteiger partial charge < -0.3 is 27.5 Å². The van der Waals surface area contributed by atoms with Crippen molar-refractivity contribution in [2.75, 3.05) is 0 Å². The van der Waals surface area contributed by atoms with Gasteiger partial charge in [-0.3, -0.25) is 0 Å². The molecule has 0 aromatic rings. The van der Waals surface area contributed by atoms with E-state index in [2.05, 4.69) is 58.9 Å². The molecule has 5 atom stereocenters. The fraction of sp³-hybridized carbons (Fsp3) is 0.944. The van der Waals surface area contributed by atoms with Gasteiger partial charge in [0, 0.05) is 0 Å². The van der Waals surface area contributed by atoms with E-state index < -0.39 is 69.9 Å². The molecule has 11 heteroatoms. The molecule has 0 bridgehead atoms. The first-order valence-electron chi connectivity index (χ1n) is 10.3. The van der Waals surface area contributed by atoms with E-state index in [9.17, 15) is 9.90 Å². The predicted molar refractivity (Wildman–Crippen MR) is 125 cm³/mol. The van der Waals surface area contributed by atoms with Gasteiger partial charge in [0.25, 0.3) is 0 Å². The molecule has 7 nitrogen and oxygen atoms in total. The van der Waals surface area contributed by atoms with Crippen molar-refractivity contribution in [3.63, 3.8) is 0 Å². The molecule has 1 saturated heterocycles. The number of ether oxygens (including phenoxy) is 1. The van der Waals surface area contributed by atoms with Gasteiger partial charge in [-0.25, -0.2) is 4.79 Å². The molecule has 0 aliphatic carbocycles. The average molecular weight is 483 g/mol. The zero-order valence-electron chi connectivity index (χ0n) is 20.3. The van der Waals surface area contributed by atoms with E-state index >= 15 is 0 Å². The Hall–Kier alpha value is 0.138. The Labute approximate surface area is 180 Å². The molecule has 0 radical (unpaired) electrons. The summed E-state index contributed by atoms with van der Waals surface area (Å²) in [6, 6.07) is 0. The van der Waals surface area contributed by atoms with Crippen LogP contribution in [0.5, 0.6) is 0 Å². The second-order valence-corrected chi connectivity index (χ2v) is 29.4. The number of hydrogen-bond acceptors (Lipinski definition) is 6. The summed E-state index contributed by atoms with van der Waals surface area (Å²) in [4.78, 5) is 12.2. The first-order valence-corrected chi connectivity index (χ1v) is 23.9. The Balaban J connectivity index is 3.50. The molecule has 172 valence electrons. The largest absolute Gasteiger partial charge is 0.479 e. The maximum Gasteiger partial charge on any atom is 0.335 e. The molecule has 1 aliphatic rings. The number of hydrogen-bond donors (Lipinski definition) is 1. The molecule has 1 fully saturated rings. The van der Waals surface area contributed by atoms with Gasteiger partial charge in [0.05, 0.1) is 0 Å². The average Bonchev–Trinajstić information content (AvgIpc) is 2.39. The van der Waals surface area contributed by atoms with Crippen LogP contribution in [0.1, 0.15) is 0 Å². The van der Waals surface area contributed by atoms with Gasteiger partial charge in [-0.2, -0.15) is 0 Å². The fourth-order valence-corrected chi connectivity index (χ4v) is 7.17. The van der Waals surface area contributed by atoms with E-state index in [0.29, 0.717) is 0 Å². The molecule has 1 rings (SSSR count). The first kappa shape index (κ1) is 27.2. The summed E-state index contributed by atoms with van der Waals surface area (Å²) in [5.41, 5.74) is 0. The van der Waals surface area contributed by atoms with Crippen LogP contribution in [-0.4, -0.2) is 75.1 Å². The number of aliphatic carboxylic acids is 1. The molecule has 29 heavy (non-hydrogen) atoms. The van der Waals surface area contributed by atoms with Crippen molar-refractivity contribution in [1.29, 1.82) is 0 Å². The summed E-state index contributed by atoms with van der Waals surface area (Å²) in [6.45, 7) is 24.8. The summed E-state index contributed by atoms with van der Waals surface area (Å²) < 4.78 is 31.7. The molecular formula is C18H42O7Si4. The fourth-order valence-electron chi connectivity index (χ4n) is 3.07. The lowest BCUT2D eigenvalue weighted by Crippen LogP contribution is -2.67. The lowest BCUT2D eigenvalue weighted by molar-refractivity contribution is -0.263. The molecule has 1 N–H and O–H groups in total. The van der Waals surface area contributed by atoms with Crippen LogP contribution in [0.15, 0.2) is 0 Å². The van der Waals surface area contributed by atoms with Crippen molar-refractivity contribution in [2.45, 2.75) is 109 Å². The minimum absolute atomic E-state index is 0.530. The summed E-state index contributed by atoms with van der Waals surface area (Å²) in [5.74, 6) is -1.06. The molecule has 1 aliphatic heterocycles. The summed E-state index contributed by atoms with van der Waals surface area (Å²) in [7, 11) is -8.20. The third-order valence-electron chi connectivity index (χ3n) is 3.68. The van der Waals surface area contributed by atoms with E-state index in [1.165, 1.54) is 0 Å². The molecule has 1 heterocycles. The Morgan fingerprint density at radius 2 is 0.966 bits per heavy atom. The minimum Gasteiger partial charge on any atom is -0.479 e. The van der Waals surface area contributed by atoms with E-state index in [-0.39, 0.29) is 0 Å². The van der Waals surface area contributed by atoms with Gasteiger partial charge in [-0.05, 0) is 78.6 Å². The van der Waals surface area contributed by atoms with Crippen molar-refractivity contribution >= 4 is 39.2 Å². The van der Waals surface area contributed by atoms with Crippen LogP contribution in [0.25, 0.3) is 0 Å². The summed E-state index contributed by atoms with van der Waals surface area (Å²) in [6.07, 6.45) is -3.79. The second-order valence-electron chi connectivity index (χ2n) is 11.6. The van der Waals surface area contributed by atoms with Gasteiger partial charge in [-0.15, -0.1) is 0 Å². The molecule has 0 spiro atoms. The Morgan fingerprint density at radius 3 is 1.31 bits per heavy atom. The van der Waals surface area contributed by atoms with Gasteiger partial charge in [0.15, 0.2) is 45.7 Å². The zero-order chi connectivity index (χ0) is 23.0. The molecule has 0 saturated carbocycles. The number of carboxylic acids is 1. The minimum atomic E-state index is -2.09. The number of rotatable bonds is 9. The van der Waals surface area contributed by atoms with Crippen LogP contribution >= 0.6 is 0 Å². The van der Waals surface area contributed by atoms with Crippen molar-refractivity contribution in [3.05, 3.63) is 0 Å². The second kappa shape index (κ2) is 9.33. The van der Waals surface area contributed by atoms with Crippen LogP contribution in [0, 0.1) is 0 Å². The van der Waals surface area contributed by atoms with Crippen molar-refractivity contribution in [3.8, 4) is 0 Å². The van der Waals surface area contributed by atoms with Gasteiger partial charge in [-0.1, -0.05) is 0 Å². The van der Waals surface area contributed by atoms with E-state index in [1.807, 2.05) is 19.6 Å². The van der Waals surface area contributed by atoms with E-state index in [4.69, 9.17) is 22.4 Å². The van der Waals surface area contributed by atoms with Crippen LogP contribution < -0.4 is 0 Å². The number of carboxylic acid groups (broad SMARTS) is 1. The molecule has 0 aromatic heterocycles. The van der Waals surface area contributed by atoms with Crippen LogP contribution in [0.2, 0.25) is 78.6 Å². The molecule has 0 amide bonds. The van der Waals surface area contributed by atoms with Gasteiger partial charge >= 0.3 is 5.97 Å². The summed E-state index contributed by atoms with van der Waals surface area (Å²) in [5, 5.41) is 9.95. The highest BCUT2D eigenvalue weighted by molar-refractivity contribution is 6.71. The monoisotopic (exact) mass is 482 g/mol. The molecule has 0 unspecified atom stereocenters. The lowest BCUT2D eigenvalue weighted by Gasteiger charge is -2.50. The molecule has 0 aromatic carbocycles. The van der Waals surface area contributed by atoms with Crippen LogP contribution in [0.3, 0.4) is 0 Å². The maximum atomic E-state index is 12.2. The third kappa shape index (κ3) is 9.87. The smallest absolute Gasteiger partial charge is 0.335 e. The Kier molecular flexibility index (Phi) is 8.74. The predicted octanol–water partition coefficient (Wildman–Crippen LogP) is 4.31. The quantitative estimate of drug-likeness (QED) is 0.490. The number of carbonyl (C=O) groups is 1. The highest BCUT2D eigenvalue weighted by Crippen LogP contribution is 2.35. The normalized spacial score (nSPS) is 29.7. The van der Waals surface area contributed by atoms with Crippen molar-refractivity contribution < 1.29 is 32.3 Å². The van der Waals surface area contributed by atoms with Crippen molar-refractivity contribution in [2.24, 2.45) is 0 Å². The highest BCUT2D eigenvalue weighted by Gasteiger charge is 2.54. The first-order chi connectivity index (χ1) is 12.7. The van der Waals surface area contributed by atoms with Crippen molar-refractivity contribution in [1.82, 2.24) is 0 Å². The van der Waals surface area contributed by atoms with E-state index in [1.54, 1.807) is 0 Å². The summed E-state index contributed by atoms with van der Waals surface area (Å²) >= 11 is 0. The van der Waals surface area contributed by atoms with Gasteiger partial charge in [0.2, 0.25) is 0 Å². The third-order valence-corrected chi connectivity index (χ3v) is 7.55. The van der Waals surface area contributed by atoms with E-state index in [0.717, 1.165) is 0 Å². The Bertz CT molecular complexity index is 561. The standard InChI is InChI=1S/C18H42O7Si4/c1-26(2,3)22-13-14(23-27(4,5)6)16(24-28(7,8)9)18(25-29(10,11)12)21-15(13)17(19)20/h13-16,18H,1-12H3,(H,19,20)/t13-,14-,15-,16+,18+/m0/s1. The lowest BCUT2D eigenvalue weighted by atomic mass is 9.99. The van der Waals surface area contributed by atoms with Gasteiger partial charge in [0.1, 0.15) is 18.3 Å². The van der Waals surface area contributed by atoms with Crippen LogP contribution in [0.4, 0.5) is 0 Å². The zero-order valence-corrected chi connectivity index (χ0v) is 24.3. The Morgan fingerprint density at radius 1 is 0.621 bits per heavy atom. The van der Waals surface area contributed by atoms with Crippen LogP contribution in [-0.2, 0) is 27.2 Å². The highest BCUT2D eigenvalue weighted by atomic mass is 28.4. The molecular weight excluding hydrogens is 441 g/mol. The SMILES string of the molecule is C[Si](C)(C)O[C@H]1O[C@H](C(=O)O)[C@@H](O[Si](C)(C)C)[C@H](O[Si](C)(C)C)[C@H]1O[Si](C)(C)C. The maximum absolute atomic E-state index is 12.2.